The van der Waals surface area contributed by atoms with Gasteiger partial charge in [0.1, 0.15) is 0 Å². The van der Waals surface area contributed by atoms with Crippen molar-refractivity contribution in [2.24, 2.45) is 0 Å². The van der Waals surface area contributed by atoms with Crippen LogP contribution in [0.4, 0.5) is 0 Å². The van der Waals surface area contributed by atoms with Crippen molar-refractivity contribution in [2.45, 2.75) is 12.2 Å². The summed E-state index contributed by atoms with van der Waals surface area (Å²) < 4.78 is 62.6. The minimum Gasteiger partial charge on any atom is -0.480 e. The van der Waals surface area contributed by atoms with Gasteiger partial charge >= 0.3 is 0 Å². The van der Waals surface area contributed by atoms with Crippen molar-refractivity contribution >= 4 is 20.2 Å². The van der Waals surface area contributed by atoms with Crippen LogP contribution >= 0.6 is 0 Å². The van der Waals surface area contributed by atoms with Crippen molar-refractivity contribution in [1.82, 2.24) is 0 Å². The lowest BCUT2D eigenvalue weighted by Gasteiger charge is -2.31. The molecular weight excluding hydrogens is 368 g/mol. The first-order valence-electron chi connectivity index (χ1n) is 6.34. The maximum Gasteiger partial charge on any atom is 0.261 e. The van der Waals surface area contributed by atoms with Crippen LogP contribution in [0.2, 0.25) is 0 Å². The molecule has 1 aliphatic rings. The molecule has 0 aliphatic carbocycles. The number of hydrogen-bond acceptors (Lipinski definition) is 8. The normalized spacial score (nSPS) is 19.2. The summed E-state index contributed by atoms with van der Waals surface area (Å²) in [4.78, 5) is 0. The third kappa shape index (κ3) is 12.0. The van der Waals surface area contributed by atoms with E-state index in [1.54, 1.807) is 12.1 Å². The zero-order chi connectivity index (χ0) is 19.0. The second kappa shape index (κ2) is 9.76. The first kappa shape index (κ1) is 22.6. The van der Waals surface area contributed by atoms with Crippen LogP contribution < -0.4 is 9.47 Å². The number of hydrogen-bond donors (Lipinski definition) is 4. The van der Waals surface area contributed by atoms with Gasteiger partial charge in [-0.2, -0.15) is 16.8 Å². The van der Waals surface area contributed by atoms with Crippen molar-refractivity contribution in [3.63, 3.8) is 0 Å². The van der Waals surface area contributed by atoms with E-state index in [0.717, 1.165) is 0 Å². The molecule has 0 saturated heterocycles. The molecule has 12 heteroatoms. The van der Waals surface area contributed by atoms with E-state index in [0.29, 0.717) is 24.0 Å². The lowest BCUT2D eigenvalue weighted by Crippen LogP contribution is -2.44. The Morgan fingerprint density at radius 1 is 0.833 bits per heavy atom. The van der Waals surface area contributed by atoms with Crippen LogP contribution in [0.5, 0.6) is 11.5 Å². The second-order valence-corrected chi connectivity index (χ2v) is 7.52. The van der Waals surface area contributed by atoms with Crippen LogP contribution in [0.3, 0.4) is 0 Å². The van der Waals surface area contributed by atoms with Gasteiger partial charge in [-0.15, -0.1) is 0 Å². The van der Waals surface area contributed by atoms with Crippen LogP contribution in [-0.4, -0.2) is 74.1 Å². The number of aliphatic hydroxyl groups is 2. The fourth-order valence-electron chi connectivity index (χ4n) is 1.43. The molecule has 0 fully saturated rings. The number of ether oxygens (including phenoxy) is 2. The highest BCUT2D eigenvalue weighted by Crippen LogP contribution is 2.33. The van der Waals surface area contributed by atoms with Gasteiger partial charge in [-0.25, -0.2) is 0 Å². The lowest BCUT2D eigenvalue weighted by atomic mass is 10.2. The summed E-state index contributed by atoms with van der Waals surface area (Å²) in [6, 6.07) is 7.20. The van der Waals surface area contributed by atoms with Gasteiger partial charge in [0.25, 0.3) is 20.2 Å². The molecule has 0 saturated carbocycles. The van der Waals surface area contributed by atoms with E-state index in [2.05, 4.69) is 0 Å². The number of fused-ring (bicyclic) bond motifs is 1. The van der Waals surface area contributed by atoms with Crippen LogP contribution in [0.25, 0.3) is 0 Å². The van der Waals surface area contributed by atoms with Crippen molar-refractivity contribution in [2.75, 3.05) is 25.7 Å². The fourth-order valence-corrected chi connectivity index (χ4v) is 1.43. The van der Waals surface area contributed by atoms with Gasteiger partial charge in [0, 0.05) is 0 Å². The van der Waals surface area contributed by atoms with Gasteiger partial charge in [0.2, 0.25) is 0 Å². The molecule has 0 unspecified atom stereocenters. The van der Waals surface area contributed by atoms with E-state index in [4.69, 9.17) is 28.8 Å². The summed E-state index contributed by atoms with van der Waals surface area (Å²) in [5, 5.41) is 18.0. The molecule has 1 heterocycles. The van der Waals surface area contributed by atoms with Crippen LogP contribution in [0.15, 0.2) is 24.3 Å². The number of para-hydroxylation sites is 2. The van der Waals surface area contributed by atoms with Crippen molar-refractivity contribution in [3.8, 4) is 11.5 Å². The molecule has 0 spiro atoms. The third-order valence-corrected chi connectivity index (χ3v) is 2.18. The van der Waals surface area contributed by atoms with Crippen molar-refractivity contribution in [3.05, 3.63) is 24.3 Å². The number of benzene rings is 1. The monoisotopic (exact) mass is 388 g/mol. The molecule has 0 bridgehead atoms. The Hall–Kier alpha value is -1.44. The average molecular weight is 388 g/mol. The van der Waals surface area contributed by atoms with Crippen LogP contribution in [0, 0.1) is 0 Å². The summed E-state index contributed by atoms with van der Waals surface area (Å²) in [6.07, 6.45) is 0.449. The van der Waals surface area contributed by atoms with E-state index < -0.39 is 32.4 Å². The van der Waals surface area contributed by atoms with Crippen molar-refractivity contribution < 1.29 is 45.6 Å². The molecular formula is C12H20O10S2. The van der Waals surface area contributed by atoms with Gasteiger partial charge < -0.3 is 19.7 Å². The summed E-state index contributed by atoms with van der Waals surface area (Å²) in [7, 11) is -7.33. The zero-order valence-electron chi connectivity index (χ0n) is 12.9. The Bertz CT molecular complexity index is 621. The molecule has 10 nitrogen and oxygen atoms in total. The van der Waals surface area contributed by atoms with Gasteiger partial charge in [-0.05, 0) is 12.1 Å². The van der Waals surface area contributed by atoms with Gasteiger partial charge in [-0.3, -0.25) is 9.11 Å². The first-order valence-corrected chi connectivity index (χ1v) is 10.0. The maximum absolute atomic E-state index is 9.19. The molecule has 0 radical (unpaired) electrons. The van der Waals surface area contributed by atoms with Gasteiger partial charge in [0.05, 0.1) is 25.7 Å². The molecule has 4 N–H and O–H groups in total. The molecule has 1 aromatic rings. The molecule has 24 heavy (non-hydrogen) atoms. The topological polar surface area (TPSA) is 168 Å². The Balaban J connectivity index is 0.000000442. The maximum atomic E-state index is 9.19. The lowest BCUT2D eigenvalue weighted by molar-refractivity contribution is -0.0350. The minimum absolute atomic E-state index is 0.167. The number of aliphatic hydroxyl groups excluding tert-OH is 2. The van der Waals surface area contributed by atoms with Gasteiger partial charge in [-0.1, -0.05) is 12.1 Å². The highest BCUT2D eigenvalue weighted by Gasteiger charge is 2.30. The molecule has 140 valence electrons. The van der Waals surface area contributed by atoms with E-state index in [1.807, 2.05) is 12.1 Å². The summed E-state index contributed by atoms with van der Waals surface area (Å²) >= 11 is 0. The summed E-state index contributed by atoms with van der Waals surface area (Å²) in [5.74, 6) is 1.22. The zero-order valence-corrected chi connectivity index (χ0v) is 14.6. The smallest absolute Gasteiger partial charge is 0.261 e. The SMILES string of the molecule is CS(=O)(=O)O.CS(=O)(=O)O.OC[C@@H]1Oc2ccccc2O[C@@H]1CO. The molecule has 1 aliphatic heterocycles. The minimum atomic E-state index is -3.67. The Morgan fingerprint density at radius 2 is 1.08 bits per heavy atom. The molecule has 0 aromatic heterocycles. The highest BCUT2D eigenvalue weighted by molar-refractivity contribution is 7.85. The predicted molar refractivity (Wildman–Crippen MR) is 84.4 cm³/mol. The fraction of sp³-hybridized carbons (Fsp3) is 0.500. The standard InChI is InChI=1S/C10H12O4.2CH4O3S/c11-5-9-10(6-12)14-8-4-2-1-3-7(8)13-9;2*1-5(2,3)4/h1-4,9-12H,5-6H2;2*1H3,(H,2,3,4)/t9-,10+;;. The molecule has 2 atom stereocenters. The molecule has 0 amide bonds. The van der Waals surface area contributed by atoms with Crippen LogP contribution in [0.1, 0.15) is 0 Å². The number of rotatable bonds is 2. The second-order valence-electron chi connectivity index (χ2n) is 4.59. The summed E-state index contributed by atoms with van der Waals surface area (Å²) in [6.45, 7) is -0.334. The largest absolute Gasteiger partial charge is 0.480 e. The molecule has 2 rings (SSSR count). The van der Waals surface area contributed by atoms with E-state index in [9.17, 15) is 16.8 Å². The predicted octanol–water partition coefficient (Wildman–Crippen LogP) is -0.812. The Kier molecular flexibility index (Phi) is 9.17. The third-order valence-electron chi connectivity index (χ3n) is 2.18. The van der Waals surface area contributed by atoms with E-state index in [1.165, 1.54) is 0 Å². The first-order chi connectivity index (χ1) is 10.8. The van der Waals surface area contributed by atoms with E-state index >= 15 is 0 Å². The highest BCUT2D eigenvalue weighted by atomic mass is 32.2. The summed E-state index contributed by atoms with van der Waals surface area (Å²) in [5.41, 5.74) is 0. The quantitative estimate of drug-likeness (QED) is 0.470. The van der Waals surface area contributed by atoms with Crippen molar-refractivity contribution in [1.29, 1.82) is 0 Å². The Labute approximate surface area is 140 Å². The van der Waals surface area contributed by atoms with Gasteiger partial charge in [0.15, 0.2) is 23.7 Å². The average Bonchev–Trinajstić information content (AvgIpc) is 2.42. The molecule has 1 aromatic carbocycles. The Morgan fingerprint density at radius 3 is 1.29 bits per heavy atom. The van der Waals surface area contributed by atoms with E-state index in [-0.39, 0.29) is 13.2 Å². The van der Waals surface area contributed by atoms with Crippen LogP contribution in [-0.2, 0) is 20.2 Å².